The highest BCUT2D eigenvalue weighted by atomic mass is 32.2. The zero-order valence-corrected chi connectivity index (χ0v) is 18.8. The lowest BCUT2D eigenvalue weighted by Gasteiger charge is -2.33. The van der Waals surface area contributed by atoms with Gasteiger partial charge in [-0.1, -0.05) is 78.0 Å². The van der Waals surface area contributed by atoms with Gasteiger partial charge < -0.3 is 15.5 Å². The molecule has 0 bridgehead atoms. The van der Waals surface area contributed by atoms with E-state index in [1.165, 1.54) is 11.8 Å². The van der Waals surface area contributed by atoms with Gasteiger partial charge >= 0.3 is 0 Å². The van der Waals surface area contributed by atoms with E-state index in [2.05, 4.69) is 33.1 Å². The first kappa shape index (κ1) is 21.1. The fraction of sp³-hybridized carbons (Fsp3) is 0.160. The second kappa shape index (κ2) is 9.38. The van der Waals surface area contributed by atoms with Crippen LogP contribution in [-0.4, -0.2) is 26.0 Å². The maximum Gasteiger partial charge on any atom is 0.240 e. The fourth-order valence-electron chi connectivity index (χ4n) is 3.62. The van der Waals surface area contributed by atoms with Crippen molar-refractivity contribution in [3.05, 3.63) is 102 Å². The number of thioether (sulfide) groups is 1. The monoisotopic (exact) mass is 457 g/mol. The number of fused-ring (bicyclic) bond motifs is 1. The minimum absolute atomic E-state index is 0.0967. The third-order valence-electron chi connectivity index (χ3n) is 5.35. The van der Waals surface area contributed by atoms with Crippen molar-refractivity contribution in [1.29, 1.82) is 0 Å². The number of nitrogens with one attached hydrogen (secondary N) is 2. The van der Waals surface area contributed by atoms with Crippen molar-refractivity contribution in [2.75, 3.05) is 10.7 Å². The molecule has 0 saturated carbocycles. The molecule has 1 aromatic heterocycles. The summed E-state index contributed by atoms with van der Waals surface area (Å²) in [5.74, 6) is 1.30. The van der Waals surface area contributed by atoms with E-state index in [1.54, 1.807) is 0 Å². The van der Waals surface area contributed by atoms with Gasteiger partial charge in [0.1, 0.15) is 17.6 Å². The van der Waals surface area contributed by atoms with Gasteiger partial charge in [0.15, 0.2) is 5.82 Å². The van der Waals surface area contributed by atoms with Crippen molar-refractivity contribution in [2.24, 2.45) is 0 Å². The summed E-state index contributed by atoms with van der Waals surface area (Å²) in [6.07, 6.45) is 0. The molecule has 166 valence electrons. The van der Waals surface area contributed by atoms with Gasteiger partial charge in [-0.15, -0.1) is 10.2 Å². The van der Waals surface area contributed by atoms with Crippen LogP contribution in [0.1, 0.15) is 23.0 Å². The second-order valence-electron chi connectivity index (χ2n) is 7.75. The van der Waals surface area contributed by atoms with Crippen LogP contribution in [0, 0.1) is 6.92 Å². The Bertz CT molecular complexity index is 1230. The fourth-order valence-corrected chi connectivity index (χ4v) is 4.71. The van der Waals surface area contributed by atoms with E-state index in [9.17, 15) is 4.79 Å². The lowest BCUT2D eigenvalue weighted by molar-refractivity contribution is -0.116. The third kappa shape index (κ3) is 4.70. The van der Waals surface area contributed by atoms with E-state index in [0.29, 0.717) is 11.0 Å². The number of aryl methyl sites for hydroxylation is 1. The van der Waals surface area contributed by atoms with Gasteiger partial charge in [0, 0.05) is 5.69 Å². The Hall–Kier alpha value is -3.78. The molecule has 33 heavy (non-hydrogen) atoms. The molecular weight excluding hydrogens is 434 g/mol. The van der Waals surface area contributed by atoms with Gasteiger partial charge in [-0.25, -0.2) is 4.68 Å². The number of carbonyl (C=O) groups excluding carboxylic acids is 1. The summed E-state index contributed by atoms with van der Waals surface area (Å²) in [6.45, 7) is 2.30. The van der Waals surface area contributed by atoms with Crippen molar-refractivity contribution in [2.45, 2.75) is 30.0 Å². The first-order chi connectivity index (χ1) is 16.2. The molecule has 3 aromatic carbocycles. The van der Waals surface area contributed by atoms with Crippen molar-refractivity contribution in [1.82, 2.24) is 14.9 Å². The predicted octanol–water partition coefficient (Wildman–Crippen LogP) is 4.56. The molecule has 5 rings (SSSR count). The molecule has 4 aromatic rings. The molecule has 1 amide bonds. The van der Waals surface area contributed by atoms with Gasteiger partial charge in [-0.2, -0.15) is 0 Å². The van der Waals surface area contributed by atoms with Crippen LogP contribution < -0.4 is 15.5 Å². The summed E-state index contributed by atoms with van der Waals surface area (Å²) >= 11 is 1.39. The van der Waals surface area contributed by atoms with E-state index in [0.717, 1.165) is 22.6 Å². The van der Waals surface area contributed by atoms with Crippen molar-refractivity contribution in [3.8, 4) is 5.75 Å². The molecule has 1 aliphatic rings. The lowest BCUT2D eigenvalue weighted by atomic mass is 10.0. The van der Waals surface area contributed by atoms with Crippen molar-refractivity contribution >= 4 is 23.4 Å². The number of carbonyl (C=O) groups is 1. The van der Waals surface area contributed by atoms with Crippen LogP contribution in [0.2, 0.25) is 0 Å². The number of amides is 1. The molecule has 8 heteroatoms. The first-order valence-corrected chi connectivity index (χ1v) is 11.5. The number of nitrogens with zero attached hydrogens (tertiary/aromatic N) is 3. The van der Waals surface area contributed by atoms with Crippen LogP contribution in [0.4, 0.5) is 5.69 Å². The highest BCUT2D eigenvalue weighted by molar-refractivity contribution is 8.00. The van der Waals surface area contributed by atoms with Crippen LogP contribution in [0.25, 0.3) is 0 Å². The Kier molecular flexibility index (Phi) is 5.99. The number of hydrogen-bond acceptors (Lipinski definition) is 6. The van der Waals surface area contributed by atoms with Crippen LogP contribution in [-0.2, 0) is 11.4 Å². The molecule has 0 unspecified atom stereocenters. The molecule has 2 N–H and O–H groups in total. The van der Waals surface area contributed by atoms with Crippen LogP contribution in [0.3, 0.4) is 0 Å². The predicted molar refractivity (Wildman–Crippen MR) is 129 cm³/mol. The van der Waals surface area contributed by atoms with Gasteiger partial charge in [0.05, 0.1) is 6.04 Å². The van der Waals surface area contributed by atoms with Crippen LogP contribution in [0.5, 0.6) is 5.75 Å². The highest BCUT2D eigenvalue weighted by Crippen LogP contribution is 2.37. The lowest BCUT2D eigenvalue weighted by Crippen LogP contribution is -2.41. The molecule has 0 radical (unpaired) electrons. The standard InChI is InChI=1S/C25H23N5O2S/c1-17-12-14-18(15-13-17)22-23(24(31)26-19-8-4-2-5-9-19)33-25-28-27-21(30(25)29-22)16-32-20-10-6-3-7-11-20/h2-15,22-23,29H,16H2,1H3,(H,26,31)/t22-,23+/m1/s1. The number of anilines is 1. The minimum Gasteiger partial charge on any atom is -0.486 e. The molecule has 0 aliphatic carbocycles. The Morgan fingerprint density at radius 1 is 1.00 bits per heavy atom. The van der Waals surface area contributed by atoms with Crippen molar-refractivity contribution in [3.63, 3.8) is 0 Å². The second-order valence-corrected chi connectivity index (χ2v) is 8.86. The molecule has 2 heterocycles. The summed E-state index contributed by atoms with van der Waals surface area (Å²) in [5.41, 5.74) is 6.39. The van der Waals surface area contributed by atoms with E-state index in [-0.39, 0.29) is 18.6 Å². The maximum atomic E-state index is 13.3. The van der Waals surface area contributed by atoms with Gasteiger partial charge in [0.25, 0.3) is 0 Å². The Labute approximate surface area is 196 Å². The van der Waals surface area contributed by atoms with Crippen LogP contribution >= 0.6 is 11.8 Å². The number of hydrogen-bond donors (Lipinski definition) is 2. The van der Waals surface area contributed by atoms with E-state index in [4.69, 9.17) is 4.74 Å². The van der Waals surface area contributed by atoms with Crippen molar-refractivity contribution < 1.29 is 9.53 Å². The Morgan fingerprint density at radius 2 is 1.70 bits per heavy atom. The Morgan fingerprint density at radius 3 is 2.42 bits per heavy atom. The normalized spacial score (nSPS) is 17.0. The smallest absolute Gasteiger partial charge is 0.240 e. The topological polar surface area (TPSA) is 81.1 Å². The van der Waals surface area contributed by atoms with Gasteiger partial charge in [-0.3, -0.25) is 4.79 Å². The summed E-state index contributed by atoms with van der Waals surface area (Å²) in [4.78, 5) is 13.3. The largest absolute Gasteiger partial charge is 0.486 e. The number of benzene rings is 3. The number of ether oxygens (including phenoxy) is 1. The Balaban J connectivity index is 1.42. The average Bonchev–Trinajstić information content (AvgIpc) is 3.25. The zero-order chi connectivity index (χ0) is 22.6. The molecule has 0 spiro atoms. The maximum absolute atomic E-state index is 13.3. The van der Waals surface area contributed by atoms with Gasteiger partial charge in [-0.05, 0) is 36.8 Å². The molecule has 0 saturated heterocycles. The summed E-state index contributed by atoms with van der Waals surface area (Å²) in [5, 5.41) is 11.8. The molecule has 1 aliphatic heterocycles. The summed E-state index contributed by atoms with van der Waals surface area (Å²) < 4.78 is 7.70. The number of para-hydroxylation sites is 2. The zero-order valence-electron chi connectivity index (χ0n) is 18.0. The molecule has 0 fully saturated rings. The highest BCUT2D eigenvalue weighted by Gasteiger charge is 2.38. The molecule has 2 atom stereocenters. The summed E-state index contributed by atoms with van der Waals surface area (Å²) in [6, 6.07) is 27.0. The van der Waals surface area contributed by atoms with Gasteiger partial charge in [0.2, 0.25) is 11.1 Å². The SMILES string of the molecule is Cc1ccc([C@H]2Nn3c(COc4ccccc4)nnc3S[C@@H]2C(=O)Nc2ccccc2)cc1. The molecule has 7 nitrogen and oxygen atoms in total. The first-order valence-electron chi connectivity index (χ1n) is 10.7. The van der Waals surface area contributed by atoms with E-state index in [1.807, 2.05) is 84.4 Å². The average molecular weight is 458 g/mol. The summed E-state index contributed by atoms with van der Waals surface area (Å²) in [7, 11) is 0. The number of rotatable bonds is 6. The number of aromatic nitrogens is 3. The van der Waals surface area contributed by atoms with Crippen LogP contribution in [0.15, 0.2) is 90.1 Å². The quantitative estimate of drug-likeness (QED) is 0.442. The van der Waals surface area contributed by atoms with E-state index >= 15 is 0 Å². The minimum atomic E-state index is -0.437. The molecular formula is C25H23N5O2S. The third-order valence-corrected chi connectivity index (χ3v) is 6.57. The van der Waals surface area contributed by atoms with E-state index < -0.39 is 5.25 Å².